The molecule has 0 aliphatic rings. The molecular weight excluding hydrogens is 314 g/mol. The molecule has 24 heavy (non-hydrogen) atoms. The Morgan fingerprint density at radius 2 is 1.75 bits per heavy atom. The first-order chi connectivity index (χ1) is 11.7. The maximum absolute atomic E-state index is 12.4. The normalized spacial score (nSPS) is 10.8. The van der Waals surface area contributed by atoms with Crippen molar-refractivity contribution in [2.45, 2.75) is 25.2 Å². The minimum absolute atomic E-state index is 0.0388. The molecule has 0 aliphatic carbocycles. The summed E-state index contributed by atoms with van der Waals surface area (Å²) in [6.07, 6.45) is 0.910. The Morgan fingerprint density at radius 1 is 1.00 bits per heavy atom. The van der Waals surface area contributed by atoms with Crippen LogP contribution in [0.4, 0.5) is 5.69 Å². The van der Waals surface area contributed by atoms with Crippen LogP contribution in [-0.2, 0) is 11.2 Å². The molecule has 0 aliphatic heterocycles. The third-order valence-electron chi connectivity index (χ3n) is 4.11. The van der Waals surface area contributed by atoms with Gasteiger partial charge in [0.05, 0.1) is 5.75 Å². The monoisotopic (exact) mass is 335 g/mol. The van der Waals surface area contributed by atoms with E-state index in [4.69, 9.17) is 0 Å². The van der Waals surface area contributed by atoms with Crippen molar-refractivity contribution in [2.75, 3.05) is 11.1 Å². The number of carbonyl (C=O) groups is 1. The number of thioether (sulfide) groups is 1. The maximum atomic E-state index is 12.4. The van der Waals surface area contributed by atoms with Crippen molar-refractivity contribution in [1.82, 2.24) is 0 Å². The Labute approximate surface area is 147 Å². The number of fused-ring (bicyclic) bond motifs is 1. The van der Waals surface area contributed by atoms with Crippen molar-refractivity contribution < 1.29 is 4.79 Å². The van der Waals surface area contributed by atoms with Crippen LogP contribution in [0.2, 0.25) is 0 Å². The van der Waals surface area contributed by atoms with E-state index >= 15 is 0 Å². The standard InChI is InChI=1S/C21H21NOS/c1-3-16-10-6-8-15(2)21(16)22-20(23)14-24-19-13-7-11-17-9-4-5-12-18(17)19/h4-13H,3,14H2,1-2H3,(H,22,23). The largest absolute Gasteiger partial charge is 0.325 e. The highest BCUT2D eigenvalue weighted by molar-refractivity contribution is 8.00. The van der Waals surface area contributed by atoms with Gasteiger partial charge in [-0.3, -0.25) is 4.79 Å². The molecule has 0 radical (unpaired) electrons. The highest BCUT2D eigenvalue weighted by atomic mass is 32.2. The predicted octanol–water partition coefficient (Wildman–Crippen LogP) is 5.44. The molecule has 0 atom stereocenters. The van der Waals surface area contributed by atoms with Crippen LogP contribution < -0.4 is 5.32 Å². The van der Waals surface area contributed by atoms with E-state index in [-0.39, 0.29) is 5.91 Å². The molecule has 122 valence electrons. The number of aryl methyl sites for hydroxylation is 2. The number of hydrogen-bond acceptors (Lipinski definition) is 2. The van der Waals surface area contributed by atoms with Crippen LogP contribution >= 0.6 is 11.8 Å². The number of benzene rings is 3. The first kappa shape index (κ1) is 16.6. The summed E-state index contributed by atoms with van der Waals surface area (Å²) in [5.41, 5.74) is 3.25. The lowest BCUT2D eigenvalue weighted by molar-refractivity contribution is -0.113. The van der Waals surface area contributed by atoms with Gasteiger partial charge in [0.15, 0.2) is 0 Å². The number of anilines is 1. The highest BCUT2D eigenvalue weighted by Crippen LogP contribution is 2.28. The molecule has 2 nitrogen and oxygen atoms in total. The number of rotatable bonds is 5. The molecule has 0 bridgehead atoms. The second kappa shape index (κ2) is 7.54. The second-order valence-electron chi connectivity index (χ2n) is 5.78. The van der Waals surface area contributed by atoms with E-state index in [2.05, 4.69) is 42.6 Å². The molecule has 1 amide bonds. The lowest BCUT2D eigenvalue weighted by Gasteiger charge is -2.13. The fourth-order valence-corrected chi connectivity index (χ4v) is 3.72. The molecule has 0 heterocycles. The zero-order valence-electron chi connectivity index (χ0n) is 14.0. The fourth-order valence-electron chi connectivity index (χ4n) is 2.84. The summed E-state index contributed by atoms with van der Waals surface area (Å²) < 4.78 is 0. The van der Waals surface area contributed by atoms with Gasteiger partial charge in [-0.1, -0.05) is 61.5 Å². The van der Waals surface area contributed by atoms with Crippen molar-refractivity contribution in [3.8, 4) is 0 Å². The van der Waals surface area contributed by atoms with Gasteiger partial charge in [0, 0.05) is 10.6 Å². The maximum Gasteiger partial charge on any atom is 0.234 e. The second-order valence-corrected chi connectivity index (χ2v) is 6.79. The molecule has 0 saturated carbocycles. The van der Waals surface area contributed by atoms with Crippen molar-refractivity contribution in [2.24, 2.45) is 0 Å². The van der Waals surface area contributed by atoms with Gasteiger partial charge in [-0.25, -0.2) is 0 Å². The summed E-state index contributed by atoms with van der Waals surface area (Å²) in [7, 11) is 0. The smallest absolute Gasteiger partial charge is 0.234 e. The van der Waals surface area contributed by atoms with Crippen LogP contribution in [0.15, 0.2) is 65.6 Å². The summed E-state index contributed by atoms with van der Waals surface area (Å²) in [5, 5.41) is 5.49. The quantitative estimate of drug-likeness (QED) is 0.629. The van der Waals surface area contributed by atoms with E-state index in [1.54, 1.807) is 11.8 Å². The molecular formula is C21H21NOS. The Kier molecular flexibility index (Phi) is 5.21. The van der Waals surface area contributed by atoms with Gasteiger partial charge in [-0.05, 0) is 41.3 Å². The van der Waals surface area contributed by atoms with E-state index < -0.39 is 0 Å². The molecule has 0 fully saturated rings. The number of hydrogen-bond donors (Lipinski definition) is 1. The van der Waals surface area contributed by atoms with E-state index in [1.165, 1.54) is 16.3 Å². The van der Waals surface area contributed by atoms with Crippen LogP contribution in [0, 0.1) is 6.92 Å². The first-order valence-corrected chi connectivity index (χ1v) is 9.16. The lowest BCUT2D eigenvalue weighted by Crippen LogP contribution is -2.16. The van der Waals surface area contributed by atoms with Crippen molar-refractivity contribution in [3.05, 3.63) is 71.8 Å². The molecule has 3 heteroatoms. The predicted molar refractivity (Wildman–Crippen MR) is 104 cm³/mol. The molecule has 0 saturated heterocycles. The van der Waals surface area contributed by atoms with Crippen molar-refractivity contribution in [3.63, 3.8) is 0 Å². The van der Waals surface area contributed by atoms with E-state index in [9.17, 15) is 4.79 Å². The van der Waals surface area contributed by atoms with E-state index in [0.29, 0.717) is 5.75 Å². The van der Waals surface area contributed by atoms with E-state index in [1.807, 2.05) is 37.3 Å². The number of para-hydroxylation sites is 1. The Balaban J connectivity index is 1.72. The van der Waals surface area contributed by atoms with Gasteiger partial charge in [0.2, 0.25) is 5.91 Å². The molecule has 0 spiro atoms. The van der Waals surface area contributed by atoms with Gasteiger partial charge in [-0.2, -0.15) is 0 Å². The zero-order valence-corrected chi connectivity index (χ0v) is 14.8. The van der Waals surface area contributed by atoms with Gasteiger partial charge < -0.3 is 5.32 Å². The molecule has 3 aromatic carbocycles. The van der Waals surface area contributed by atoms with Crippen LogP contribution in [0.1, 0.15) is 18.1 Å². The van der Waals surface area contributed by atoms with Gasteiger partial charge in [0.25, 0.3) is 0 Å². The molecule has 3 rings (SSSR count). The first-order valence-electron chi connectivity index (χ1n) is 8.18. The molecule has 0 aromatic heterocycles. The number of amides is 1. The summed E-state index contributed by atoms with van der Waals surface area (Å²) in [5.74, 6) is 0.447. The Morgan fingerprint density at radius 3 is 2.58 bits per heavy atom. The summed E-state index contributed by atoms with van der Waals surface area (Å²) in [6.45, 7) is 4.14. The summed E-state index contributed by atoms with van der Waals surface area (Å²) in [4.78, 5) is 13.6. The van der Waals surface area contributed by atoms with Gasteiger partial charge >= 0.3 is 0 Å². The number of nitrogens with one attached hydrogen (secondary N) is 1. The lowest BCUT2D eigenvalue weighted by atomic mass is 10.1. The third-order valence-corrected chi connectivity index (χ3v) is 5.19. The topological polar surface area (TPSA) is 29.1 Å². The minimum atomic E-state index is 0.0388. The van der Waals surface area contributed by atoms with Crippen LogP contribution in [0.25, 0.3) is 10.8 Å². The zero-order chi connectivity index (χ0) is 16.9. The average molecular weight is 335 g/mol. The van der Waals surface area contributed by atoms with Gasteiger partial charge in [-0.15, -0.1) is 11.8 Å². The number of carbonyl (C=O) groups excluding carboxylic acids is 1. The van der Waals surface area contributed by atoms with E-state index in [0.717, 1.165) is 22.6 Å². The summed E-state index contributed by atoms with van der Waals surface area (Å²) >= 11 is 1.58. The Bertz CT molecular complexity index is 867. The molecule has 3 aromatic rings. The van der Waals surface area contributed by atoms with Crippen molar-refractivity contribution >= 4 is 34.1 Å². The molecule has 0 unspecified atom stereocenters. The van der Waals surface area contributed by atoms with Crippen molar-refractivity contribution in [1.29, 1.82) is 0 Å². The van der Waals surface area contributed by atoms with Crippen LogP contribution in [-0.4, -0.2) is 11.7 Å². The third kappa shape index (κ3) is 3.62. The average Bonchev–Trinajstić information content (AvgIpc) is 2.61. The Hall–Kier alpha value is -2.26. The minimum Gasteiger partial charge on any atom is -0.325 e. The van der Waals surface area contributed by atoms with Crippen LogP contribution in [0.5, 0.6) is 0 Å². The van der Waals surface area contributed by atoms with Crippen LogP contribution in [0.3, 0.4) is 0 Å². The highest BCUT2D eigenvalue weighted by Gasteiger charge is 2.10. The summed E-state index contributed by atoms with van der Waals surface area (Å²) in [6, 6.07) is 20.6. The van der Waals surface area contributed by atoms with Gasteiger partial charge in [0.1, 0.15) is 0 Å². The molecule has 1 N–H and O–H groups in total. The fraction of sp³-hybridized carbons (Fsp3) is 0.190. The SMILES string of the molecule is CCc1cccc(C)c1NC(=O)CSc1cccc2ccccc12.